The van der Waals surface area contributed by atoms with E-state index in [1.54, 1.807) is 0 Å². The van der Waals surface area contributed by atoms with E-state index in [1.165, 1.54) is 11.8 Å². The molecule has 122 valence electrons. The Morgan fingerprint density at radius 3 is 2.77 bits per heavy atom. The summed E-state index contributed by atoms with van der Waals surface area (Å²) in [5.41, 5.74) is 1.13. The molecule has 1 aliphatic heterocycles. The van der Waals surface area contributed by atoms with Crippen molar-refractivity contribution in [1.29, 1.82) is 0 Å². The molecule has 1 aromatic carbocycles. The highest BCUT2D eigenvalue weighted by atomic mass is 32.2. The normalized spacial score (nSPS) is 24.0. The van der Waals surface area contributed by atoms with Gasteiger partial charge in [0.1, 0.15) is 6.10 Å². The molecule has 0 radical (unpaired) electrons. The van der Waals surface area contributed by atoms with Crippen LogP contribution in [0.1, 0.15) is 19.4 Å². The van der Waals surface area contributed by atoms with Gasteiger partial charge in [-0.1, -0.05) is 42.1 Å². The molecule has 22 heavy (non-hydrogen) atoms. The van der Waals surface area contributed by atoms with E-state index in [0.717, 1.165) is 5.56 Å². The molecule has 2 atom stereocenters. The third-order valence-electron chi connectivity index (χ3n) is 3.25. The van der Waals surface area contributed by atoms with Gasteiger partial charge in [-0.2, -0.15) is 0 Å². The zero-order chi connectivity index (χ0) is 16.0. The van der Waals surface area contributed by atoms with Crippen molar-refractivity contribution >= 4 is 28.4 Å². The predicted octanol–water partition coefficient (Wildman–Crippen LogP) is 3.39. The Labute approximate surface area is 141 Å². The highest BCUT2D eigenvalue weighted by Crippen LogP contribution is 2.25. The Balaban J connectivity index is 1.89. The summed E-state index contributed by atoms with van der Waals surface area (Å²) in [5, 5.41) is 0. The van der Waals surface area contributed by atoms with Gasteiger partial charge in [0.2, 0.25) is 4.38 Å². The fourth-order valence-electron chi connectivity index (χ4n) is 2.15. The number of hydrogen-bond acceptors (Lipinski definition) is 6. The van der Waals surface area contributed by atoms with Crippen molar-refractivity contribution in [3.63, 3.8) is 0 Å². The maximum Gasteiger partial charge on any atom is 0.220 e. The Morgan fingerprint density at radius 1 is 1.36 bits per heavy atom. The Kier molecular flexibility index (Phi) is 6.65. The van der Waals surface area contributed by atoms with Crippen molar-refractivity contribution in [2.45, 2.75) is 38.4 Å². The van der Waals surface area contributed by atoms with Gasteiger partial charge in [0.25, 0.3) is 0 Å². The molecular weight excluding hydrogens is 320 g/mol. The van der Waals surface area contributed by atoms with Gasteiger partial charge in [-0.25, -0.2) is 0 Å². The van der Waals surface area contributed by atoms with E-state index in [4.69, 9.17) is 31.2 Å². The van der Waals surface area contributed by atoms with Gasteiger partial charge in [-0.15, -0.1) is 0 Å². The molecule has 0 saturated carbocycles. The molecule has 1 saturated heterocycles. The summed E-state index contributed by atoms with van der Waals surface area (Å²) >= 11 is 6.52. The molecule has 1 heterocycles. The van der Waals surface area contributed by atoms with E-state index in [1.807, 2.05) is 50.4 Å². The zero-order valence-electron chi connectivity index (χ0n) is 13.1. The van der Waals surface area contributed by atoms with Crippen molar-refractivity contribution in [1.82, 2.24) is 0 Å². The molecule has 1 aromatic rings. The maximum absolute atomic E-state index is 5.93. The van der Waals surface area contributed by atoms with Crippen LogP contribution in [0.15, 0.2) is 30.3 Å². The van der Waals surface area contributed by atoms with E-state index in [-0.39, 0.29) is 12.2 Å². The van der Waals surface area contributed by atoms with Crippen LogP contribution in [0, 0.1) is 0 Å². The summed E-state index contributed by atoms with van der Waals surface area (Å²) < 4.78 is 23.6. The maximum atomic E-state index is 5.93. The van der Waals surface area contributed by atoms with Crippen LogP contribution >= 0.6 is 24.0 Å². The first kappa shape index (κ1) is 17.7. The fourth-order valence-corrected chi connectivity index (χ4v) is 2.50. The number of ether oxygens (including phenoxy) is 4. The minimum atomic E-state index is -0.637. The largest absolute Gasteiger partial charge is 0.470 e. The van der Waals surface area contributed by atoms with Gasteiger partial charge in [-0.3, -0.25) is 0 Å². The highest BCUT2D eigenvalue weighted by molar-refractivity contribution is 8.22. The molecule has 0 spiro atoms. The second kappa shape index (κ2) is 8.26. The van der Waals surface area contributed by atoms with Crippen molar-refractivity contribution < 1.29 is 18.9 Å². The molecule has 0 amide bonds. The van der Waals surface area contributed by atoms with Crippen LogP contribution in [0.5, 0.6) is 0 Å². The third kappa shape index (κ3) is 5.52. The number of thioether (sulfide) groups is 1. The molecule has 0 aliphatic carbocycles. The molecule has 6 heteroatoms. The molecule has 2 rings (SSSR count). The molecule has 1 fully saturated rings. The first-order valence-corrected chi connectivity index (χ1v) is 8.81. The summed E-state index contributed by atoms with van der Waals surface area (Å²) in [6.45, 7) is 5.19. The summed E-state index contributed by atoms with van der Waals surface area (Å²) in [5.74, 6) is -0.637. The van der Waals surface area contributed by atoms with Crippen molar-refractivity contribution in [3.8, 4) is 0 Å². The van der Waals surface area contributed by atoms with Gasteiger partial charge < -0.3 is 18.9 Å². The van der Waals surface area contributed by atoms with E-state index in [9.17, 15) is 0 Å². The quantitative estimate of drug-likeness (QED) is 0.764. The number of hydrogen-bond donors (Lipinski definition) is 0. The van der Waals surface area contributed by atoms with E-state index >= 15 is 0 Å². The monoisotopic (exact) mass is 342 g/mol. The van der Waals surface area contributed by atoms with Crippen LogP contribution in [0.25, 0.3) is 0 Å². The van der Waals surface area contributed by atoms with Gasteiger partial charge >= 0.3 is 0 Å². The lowest BCUT2D eigenvalue weighted by Crippen LogP contribution is -2.51. The summed E-state index contributed by atoms with van der Waals surface area (Å²) in [6, 6.07) is 10.0. The lowest BCUT2D eigenvalue weighted by Gasteiger charge is -2.40. The minimum Gasteiger partial charge on any atom is -0.470 e. The molecular formula is C16H22O4S2. The van der Waals surface area contributed by atoms with Gasteiger partial charge in [0.05, 0.1) is 19.8 Å². The lowest BCUT2D eigenvalue weighted by molar-refractivity contribution is -0.307. The molecule has 0 unspecified atom stereocenters. The summed E-state index contributed by atoms with van der Waals surface area (Å²) in [6.07, 6.45) is 1.43. The number of rotatable bonds is 5. The Morgan fingerprint density at radius 2 is 2.09 bits per heavy atom. The van der Waals surface area contributed by atoms with Crippen LogP contribution < -0.4 is 0 Å². The first-order chi connectivity index (χ1) is 10.5. The molecule has 1 aliphatic rings. The fraction of sp³-hybridized carbons (Fsp3) is 0.562. The SMILES string of the molecule is CSC(=S)O[C@@H]1COC(C)(C)O[C@H]1COCc1ccccc1. The topological polar surface area (TPSA) is 36.9 Å². The first-order valence-electron chi connectivity index (χ1n) is 7.18. The van der Waals surface area contributed by atoms with Crippen LogP contribution in [0.4, 0.5) is 0 Å². The molecule has 0 bridgehead atoms. The van der Waals surface area contributed by atoms with Crippen LogP contribution in [-0.2, 0) is 25.6 Å². The summed E-state index contributed by atoms with van der Waals surface area (Å²) in [7, 11) is 0. The van der Waals surface area contributed by atoms with Crippen molar-refractivity contribution in [2.24, 2.45) is 0 Å². The predicted molar refractivity (Wildman–Crippen MR) is 92.0 cm³/mol. The number of thiocarbonyl (C=S) groups is 1. The van der Waals surface area contributed by atoms with E-state index < -0.39 is 5.79 Å². The van der Waals surface area contributed by atoms with Crippen LogP contribution in [0.3, 0.4) is 0 Å². The minimum absolute atomic E-state index is 0.211. The zero-order valence-corrected chi connectivity index (χ0v) is 14.7. The number of benzene rings is 1. The molecule has 0 N–H and O–H groups in total. The molecule has 4 nitrogen and oxygen atoms in total. The van der Waals surface area contributed by atoms with Gasteiger partial charge in [0, 0.05) is 0 Å². The second-order valence-corrected chi connectivity index (χ2v) is 6.89. The van der Waals surface area contributed by atoms with Gasteiger partial charge in [0.15, 0.2) is 11.9 Å². The lowest BCUT2D eigenvalue weighted by atomic mass is 10.1. The van der Waals surface area contributed by atoms with Crippen LogP contribution in [-0.4, -0.2) is 41.8 Å². The van der Waals surface area contributed by atoms with Crippen molar-refractivity contribution in [2.75, 3.05) is 19.5 Å². The van der Waals surface area contributed by atoms with Crippen LogP contribution in [0.2, 0.25) is 0 Å². The van der Waals surface area contributed by atoms with E-state index in [2.05, 4.69) is 0 Å². The Hall–Kier alpha value is -0.660. The third-order valence-corrected chi connectivity index (χ3v) is 4.28. The average molecular weight is 342 g/mol. The average Bonchev–Trinajstić information content (AvgIpc) is 2.50. The molecule has 0 aromatic heterocycles. The van der Waals surface area contributed by atoms with Crippen molar-refractivity contribution in [3.05, 3.63) is 35.9 Å². The summed E-state index contributed by atoms with van der Waals surface area (Å²) in [4.78, 5) is 0. The van der Waals surface area contributed by atoms with E-state index in [0.29, 0.717) is 24.2 Å². The smallest absolute Gasteiger partial charge is 0.220 e. The second-order valence-electron chi connectivity index (χ2n) is 5.48. The Bertz CT molecular complexity index is 478. The van der Waals surface area contributed by atoms with Gasteiger partial charge in [-0.05, 0) is 37.9 Å². The highest BCUT2D eigenvalue weighted by Gasteiger charge is 2.38. The standard InChI is InChI=1S/C16H22O4S2/c1-16(2)18-11-13(19-15(21)22-3)14(20-16)10-17-9-12-7-5-4-6-8-12/h4-8,13-14H,9-11H2,1-3H3/t13-,14+/m1/s1.